The van der Waals surface area contributed by atoms with Gasteiger partial charge in [0.15, 0.2) is 5.60 Å². The number of ether oxygens (including phenoxy) is 3. The Bertz CT molecular complexity index is 989. The molecule has 0 bridgehead atoms. The van der Waals surface area contributed by atoms with Gasteiger partial charge in [-0.1, -0.05) is 12.8 Å². The van der Waals surface area contributed by atoms with Crippen LogP contribution in [0.2, 0.25) is 0 Å². The molecule has 4 rings (SSSR count). The normalized spacial score (nSPS) is 32.3. The van der Waals surface area contributed by atoms with Crippen LogP contribution < -0.4 is 26.0 Å². The Morgan fingerprint density at radius 3 is 2.47 bits per heavy atom. The fourth-order valence-electron chi connectivity index (χ4n) is 5.24. The van der Waals surface area contributed by atoms with Crippen molar-refractivity contribution < 1.29 is 49.7 Å². The smallest absolute Gasteiger partial charge is 0.406 e. The Kier molecular flexibility index (Phi) is 8.31. The molecule has 2 heterocycles. The molecule has 1 saturated carbocycles. The maximum Gasteiger partial charge on any atom is 0.573 e. The van der Waals surface area contributed by atoms with Crippen LogP contribution >= 0.6 is 0 Å². The predicted molar refractivity (Wildman–Crippen MR) is 120 cm³/mol. The van der Waals surface area contributed by atoms with E-state index in [1.807, 2.05) is 0 Å². The summed E-state index contributed by atoms with van der Waals surface area (Å²) >= 11 is 0. The van der Waals surface area contributed by atoms with Crippen LogP contribution in [0.3, 0.4) is 0 Å². The fourth-order valence-corrected chi connectivity index (χ4v) is 5.24. The summed E-state index contributed by atoms with van der Waals surface area (Å²) in [5.41, 5.74) is -2.66. The minimum Gasteiger partial charge on any atom is -0.406 e. The van der Waals surface area contributed by atoms with E-state index in [2.05, 4.69) is 26.0 Å². The van der Waals surface area contributed by atoms with Gasteiger partial charge in [0.1, 0.15) is 17.8 Å². The summed E-state index contributed by atoms with van der Waals surface area (Å²) in [6, 6.07) is 0.563. The standard InChI is InChI=1S/C23H29F7N4O4/c1-12-31-11-17(34-20(35)33-16-7-6-13(10-15(16)24)38-23(28,29)30)19(32-12)37-18-5-3-2-4-14(18)21(8-9-36-21)22(25,26)27/h6-7,10,12,14,17-19,31-32H,2-5,8-9,11H2,1H3,(H2,33,34,35)/t12?,14?,17?,18-,19?,21-/m1/s1. The maximum atomic E-state index is 14.2. The van der Waals surface area contributed by atoms with Crippen molar-refractivity contribution in [1.82, 2.24) is 16.0 Å². The first-order chi connectivity index (χ1) is 17.8. The first-order valence-electron chi connectivity index (χ1n) is 12.3. The second kappa shape index (κ2) is 11.0. The van der Waals surface area contributed by atoms with Crippen LogP contribution in [0.4, 0.5) is 41.2 Å². The molecule has 0 spiro atoms. The highest BCUT2D eigenvalue weighted by molar-refractivity contribution is 5.89. The van der Waals surface area contributed by atoms with Gasteiger partial charge in [0.05, 0.1) is 30.6 Å². The number of halogens is 7. The number of urea groups is 1. The Balaban J connectivity index is 1.42. The van der Waals surface area contributed by atoms with E-state index < -0.39 is 65.7 Å². The summed E-state index contributed by atoms with van der Waals surface area (Å²) in [6.45, 7) is 1.98. The largest absolute Gasteiger partial charge is 0.573 e. The van der Waals surface area contributed by atoms with Crippen molar-refractivity contribution in [2.75, 3.05) is 18.5 Å². The van der Waals surface area contributed by atoms with E-state index in [1.54, 1.807) is 6.92 Å². The van der Waals surface area contributed by atoms with Crippen LogP contribution in [-0.2, 0) is 9.47 Å². The number of rotatable bonds is 6. The van der Waals surface area contributed by atoms with Gasteiger partial charge in [0.25, 0.3) is 0 Å². The van der Waals surface area contributed by atoms with Gasteiger partial charge in [-0.25, -0.2) is 9.18 Å². The third kappa shape index (κ3) is 6.43. The lowest BCUT2D eigenvalue weighted by Gasteiger charge is -2.52. The number of nitrogens with one attached hydrogen (secondary N) is 4. The van der Waals surface area contributed by atoms with Gasteiger partial charge in [-0.3, -0.25) is 10.6 Å². The van der Waals surface area contributed by atoms with E-state index in [0.717, 1.165) is 12.1 Å². The summed E-state index contributed by atoms with van der Waals surface area (Å²) in [5, 5.41) is 10.9. The van der Waals surface area contributed by atoms with Crippen LogP contribution in [0.5, 0.6) is 5.75 Å². The molecule has 1 aliphatic carbocycles. The summed E-state index contributed by atoms with van der Waals surface area (Å²) in [7, 11) is 0. The number of amides is 2. The van der Waals surface area contributed by atoms with Crippen LogP contribution in [-0.4, -0.2) is 61.9 Å². The summed E-state index contributed by atoms with van der Waals surface area (Å²) in [5.74, 6) is -2.86. The third-order valence-electron chi connectivity index (χ3n) is 7.10. The van der Waals surface area contributed by atoms with Gasteiger partial charge in [0, 0.05) is 24.9 Å². The van der Waals surface area contributed by atoms with E-state index >= 15 is 0 Å². The van der Waals surface area contributed by atoms with Crippen molar-refractivity contribution in [2.24, 2.45) is 5.92 Å². The highest BCUT2D eigenvalue weighted by Crippen LogP contribution is 2.52. The van der Waals surface area contributed by atoms with Crippen molar-refractivity contribution in [3.05, 3.63) is 24.0 Å². The number of carbonyl (C=O) groups excluding carboxylic acids is 1. The van der Waals surface area contributed by atoms with E-state index in [0.29, 0.717) is 25.3 Å². The number of carbonyl (C=O) groups is 1. The van der Waals surface area contributed by atoms with Gasteiger partial charge < -0.3 is 24.8 Å². The van der Waals surface area contributed by atoms with E-state index in [1.165, 1.54) is 0 Å². The highest BCUT2D eigenvalue weighted by Gasteiger charge is 2.66. The van der Waals surface area contributed by atoms with Gasteiger partial charge in [-0.05, 0) is 31.9 Å². The van der Waals surface area contributed by atoms with Gasteiger partial charge in [0.2, 0.25) is 0 Å². The molecule has 3 fully saturated rings. The topological polar surface area (TPSA) is 92.9 Å². The van der Waals surface area contributed by atoms with Crippen LogP contribution in [0, 0.1) is 11.7 Å². The molecule has 6 atom stereocenters. The molecule has 0 radical (unpaired) electrons. The zero-order valence-electron chi connectivity index (χ0n) is 20.3. The zero-order valence-corrected chi connectivity index (χ0v) is 20.3. The van der Waals surface area contributed by atoms with Crippen molar-refractivity contribution in [3.8, 4) is 5.75 Å². The number of hydrogen-bond donors (Lipinski definition) is 4. The maximum absolute atomic E-state index is 14.2. The summed E-state index contributed by atoms with van der Waals surface area (Å²) in [4.78, 5) is 12.6. The van der Waals surface area contributed by atoms with Crippen molar-refractivity contribution in [3.63, 3.8) is 0 Å². The van der Waals surface area contributed by atoms with Crippen molar-refractivity contribution in [1.29, 1.82) is 0 Å². The molecule has 2 aliphatic heterocycles. The molecule has 15 heteroatoms. The minimum absolute atomic E-state index is 0.0234. The Morgan fingerprint density at radius 1 is 1.16 bits per heavy atom. The molecular weight excluding hydrogens is 529 g/mol. The molecule has 1 aromatic carbocycles. The zero-order chi connectivity index (χ0) is 27.7. The fraction of sp³-hybridized carbons (Fsp3) is 0.696. The molecule has 2 amide bonds. The average molecular weight is 558 g/mol. The Morgan fingerprint density at radius 2 is 1.87 bits per heavy atom. The van der Waals surface area contributed by atoms with E-state index in [4.69, 9.17) is 9.47 Å². The second-order valence-electron chi connectivity index (χ2n) is 9.66. The molecule has 8 nitrogen and oxygen atoms in total. The monoisotopic (exact) mass is 558 g/mol. The molecule has 4 N–H and O–H groups in total. The summed E-state index contributed by atoms with van der Waals surface area (Å²) < 4.78 is 108. The molecular formula is C23H29F7N4O4. The van der Waals surface area contributed by atoms with Crippen LogP contribution in [0.15, 0.2) is 18.2 Å². The molecule has 2 saturated heterocycles. The summed E-state index contributed by atoms with van der Waals surface area (Å²) in [6.07, 6.45) is -9.65. The minimum atomic E-state index is -5.01. The lowest BCUT2D eigenvalue weighted by Crippen LogP contribution is -2.68. The number of alkyl halides is 6. The predicted octanol–water partition coefficient (Wildman–Crippen LogP) is 4.38. The molecule has 214 valence electrons. The molecule has 1 aromatic rings. The third-order valence-corrected chi connectivity index (χ3v) is 7.10. The van der Waals surface area contributed by atoms with Crippen LogP contribution in [0.25, 0.3) is 0 Å². The van der Waals surface area contributed by atoms with Crippen molar-refractivity contribution in [2.45, 2.75) is 81.7 Å². The Hall–Kier alpha value is -2.36. The number of hydrogen-bond acceptors (Lipinski definition) is 6. The quantitative estimate of drug-likeness (QED) is 0.388. The second-order valence-corrected chi connectivity index (χ2v) is 9.66. The number of anilines is 1. The SMILES string of the molecule is CC1NCC(NC(=O)Nc2ccc(OC(F)(F)F)cc2F)C(O[C@@H]2CCCCC2[C@@]2(C(F)(F)F)CCO2)N1. The lowest BCUT2D eigenvalue weighted by atomic mass is 9.70. The first kappa shape index (κ1) is 28.6. The highest BCUT2D eigenvalue weighted by atomic mass is 19.4. The number of benzene rings is 1. The van der Waals surface area contributed by atoms with Crippen LogP contribution in [0.1, 0.15) is 39.0 Å². The van der Waals surface area contributed by atoms with Gasteiger partial charge in [-0.15, -0.1) is 13.2 Å². The Labute approximate surface area is 213 Å². The van der Waals surface area contributed by atoms with E-state index in [9.17, 15) is 35.5 Å². The molecule has 0 aromatic heterocycles. The molecule has 4 unspecified atom stereocenters. The first-order valence-corrected chi connectivity index (χ1v) is 12.3. The average Bonchev–Trinajstić information content (AvgIpc) is 2.76. The van der Waals surface area contributed by atoms with Gasteiger partial charge >= 0.3 is 18.6 Å². The lowest BCUT2D eigenvalue weighted by molar-refractivity contribution is -0.358. The van der Waals surface area contributed by atoms with Gasteiger partial charge in [-0.2, -0.15) is 13.2 Å². The van der Waals surface area contributed by atoms with E-state index in [-0.39, 0.29) is 32.2 Å². The molecule has 3 aliphatic rings. The molecule has 38 heavy (non-hydrogen) atoms. The van der Waals surface area contributed by atoms with Crippen molar-refractivity contribution >= 4 is 11.7 Å².